The average molecular weight is 331 g/mol. The Morgan fingerprint density at radius 1 is 1.21 bits per heavy atom. The molecule has 1 heterocycles. The Balaban J connectivity index is 2.74. The van der Waals surface area contributed by atoms with Gasteiger partial charge in [-0.1, -0.05) is 18.2 Å². The summed E-state index contributed by atoms with van der Waals surface area (Å²) in [5.41, 5.74) is 0.156. The molecule has 0 spiro atoms. The van der Waals surface area contributed by atoms with Crippen LogP contribution in [-0.4, -0.2) is 46.9 Å². The van der Waals surface area contributed by atoms with Crippen molar-refractivity contribution in [3.63, 3.8) is 0 Å². The summed E-state index contributed by atoms with van der Waals surface area (Å²) in [6.45, 7) is 5.29. The van der Waals surface area contributed by atoms with Crippen molar-refractivity contribution < 1.29 is 19.5 Å². The van der Waals surface area contributed by atoms with Crippen molar-refractivity contribution in [2.75, 3.05) is 19.1 Å². The first-order valence-electron chi connectivity index (χ1n) is 7.42. The van der Waals surface area contributed by atoms with Gasteiger partial charge >= 0.3 is 6.09 Å². The molecule has 1 aromatic carbocycles. The van der Waals surface area contributed by atoms with Crippen molar-refractivity contribution in [1.29, 1.82) is 0 Å². The van der Waals surface area contributed by atoms with Crippen LogP contribution in [0.5, 0.6) is 0 Å². The summed E-state index contributed by atoms with van der Waals surface area (Å²) >= 11 is 0. The first kappa shape index (κ1) is 17.7. The van der Waals surface area contributed by atoms with E-state index in [2.05, 4.69) is 4.98 Å². The number of nitrogens with zero attached hydrogens (tertiary/aromatic N) is 3. The minimum absolute atomic E-state index is 0.196. The maximum atomic E-state index is 12.6. The van der Waals surface area contributed by atoms with E-state index in [1.807, 2.05) is 0 Å². The predicted octanol–water partition coefficient (Wildman–Crippen LogP) is 3.15. The number of carbonyl (C=O) groups is 2. The summed E-state index contributed by atoms with van der Waals surface area (Å²) in [7, 11) is 2.89. The Morgan fingerprint density at radius 2 is 1.83 bits per heavy atom. The molecule has 0 aliphatic heterocycles. The molecule has 0 bridgehead atoms. The van der Waals surface area contributed by atoms with Crippen molar-refractivity contribution in [1.82, 2.24) is 10.0 Å². The quantitative estimate of drug-likeness (QED) is 0.874. The van der Waals surface area contributed by atoms with Crippen LogP contribution in [0.25, 0.3) is 10.9 Å². The molecule has 0 saturated heterocycles. The van der Waals surface area contributed by atoms with E-state index < -0.39 is 11.6 Å². The zero-order chi connectivity index (χ0) is 18.1. The van der Waals surface area contributed by atoms with E-state index in [9.17, 15) is 14.7 Å². The number of para-hydroxylation sites is 1. The zero-order valence-corrected chi connectivity index (χ0v) is 14.4. The van der Waals surface area contributed by atoms with Crippen molar-refractivity contribution in [3.05, 3.63) is 35.9 Å². The lowest BCUT2D eigenvalue weighted by molar-refractivity contribution is -0.0755. The number of rotatable bonds is 3. The van der Waals surface area contributed by atoms with Gasteiger partial charge in [0.2, 0.25) is 0 Å². The molecule has 0 unspecified atom stereocenters. The highest BCUT2D eigenvalue weighted by Crippen LogP contribution is 2.28. The highest BCUT2D eigenvalue weighted by Gasteiger charge is 2.30. The zero-order valence-electron chi connectivity index (χ0n) is 14.4. The minimum Gasteiger partial charge on any atom is -0.465 e. The molecule has 2 aromatic rings. The lowest BCUT2D eigenvalue weighted by Gasteiger charge is -2.32. The highest BCUT2D eigenvalue weighted by atomic mass is 16.7. The van der Waals surface area contributed by atoms with E-state index in [1.165, 1.54) is 20.2 Å². The second-order valence-corrected chi connectivity index (χ2v) is 6.32. The minimum atomic E-state index is -1.14. The molecule has 0 aliphatic carbocycles. The number of fused-ring (bicyclic) bond motifs is 1. The van der Waals surface area contributed by atoms with Crippen LogP contribution in [-0.2, 0) is 4.84 Å². The van der Waals surface area contributed by atoms with Crippen LogP contribution in [0.3, 0.4) is 0 Å². The molecule has 0 fully saturated rings. The van der Waals surface area contributed by atoms with Gasteiger partial charge in [0.05, 0.1) is 18.2 Å². The summed E-state index contributed by atoms with van der Waals surface area (Å²) in [6, 6.07) is 8.58. The number of benzene rings is 1. The van der Waals surface area contributed by atoms with Crippen LogP contribution in [0.1, 0.15) is 31.1 Å². The summed E-state index contributed by atoms with van der Waals surface area (Å²) < 4.78 is 0. The van der Waals surface area contributed by atoms with Crippen molar-refractivity contribution in [2.45, 2.75) is 26.3 Å². The molecule has 2 rings (SSSR count). The number of pyridine rings is 1. The number of carbonyl (C=O) groups excluding carboxylic acids is 1. The third-order valence-electron chi connectivity index (χ3n) is 3.58. The Bertz CT molecular complexity index is 783. The first-order valence-corrected chi connectivity index (χ1v) is 7.42. The van der Waals surface area contributed by atoms with Gasteiger partial charge in [-0.05, 0) is 32.9 Å². The number of anilines is 1. The molecule has 0 radical (unpaired) electrons. The van der Waals surface area contributed by atoms with Gasteiger partial charge in [-0.2, -0.15) is 0 Å². The maximum absolute atomic E-state index is 12.6. The van der Waals surface area contributed by atoms with Gasteiger partial charge in [0.1, 0.15) is 5.82 Å². The molecule has 0 aliphatic rings. The summed E-state index contributed by atoms with van der Waals surface area (Å²) in [5, 5.41) is 11.3. The number of hydrogen-bond acceptors (Lipinski definition) is 4. The third-order valence-corrected chi connectivity index (χ3v) is 3.58. The van der Waals surface area contributed by atoms with Gasteiger partial charge in [-0.15, -0.1) is 0 Å². The standard InChI is InChI=1S/C17H21N3O4/c1-17(2,3)20(16(22)23)14-10-12(15(21)19(4)24-5)11-8-6-7-9-13(11)18-14/h6-10H,1-5H3,(H,22,23). The van der Waals surface area contributed by atoms with Crippen LogP contribution in [0.2, 0.25) is 0 Å². The Hall–Kier alpha value is -2.67. The van der Waals surface area contributed by atoms with Crippen molar-refractivity contribution in [2.24, 2.45) is 0 Å². The Kier molecular flexibility index (Phi) is 4.75. The fourth-order valence-corrected chi connectivity index (χ4v) is 2.43. The maximum Gasteiger partial charge on any atom is 0.413 e. The van der Waals surface area contributed by atoms with E-state index >= 15 is 0 Å². The molecule has 7 nitrogen and oxygen atoms in total. The SMILES string of the molecule is CON(C)C(=O)c1cc(N(C(=O)O)C(C)(C)C)nc2ccccc12. The summed E-state index contributed by atoms with van der Waals surface area (Å²) in [6.07, 6.45) is -1.14. The molecular formula is C17H21N3O4. The van der Waals surface area contributed by atoms with Crippen LogP contribution < -0.4 is 4.90 Å². The average Bonchev–Trinajstić information content (AvgIpc) is 2.50. The van der Waals surface area contributed by atoms with E-state index in [1.54, 1.807) is 45.0 Å². The molecule has 7 heteroatoms. The molecule has 128 valence electrons. The second kappa shape index (κ2) is 6.45. The lowest BCUT2D eigenvalue weighted by atomic mass is 10.0. The summed E-state index contributed by atoms with van der Waals surface area (Å²) in [4.78, 5) is 34.8. The van der Waals surface area contributed by atoms with Gasteiger partial charge in [0.15, 0.2) is 0 Å². The molecule has 0 saturated carbocycles. The van der Waals surface area contributed by atoms with Crippen LogP contribution in [0, 0.1) is 0 Å². The topological polar surface area (TPSA) is 83.0 Å². The fourth-order valence-electron chi connectivity index (χ4n) is 2.43. The van der Waals surface area contributed by atoms with E-state index in [0.29, 0.717) is 16.5 Å². The molecule has 2 amide bonds. The lowest BCUT2D eigenvalue weighted by Crippen LogP contribution is -2.45. The first-order chi connectivity index (χ1) is 11.2. The number of amides is 2. The van der Waals surface area contributed by atoms with Gasteiger partial charge in [0.25, 0.3) is 5.91 Å². The van der Waals surface area contributed by atoms with E-state index in [0.717, 1.165) is 9.96 Å². The monoisotopic (exact) mass is 331 g/mol. The van der Waals surface area contributed by atoms with Gasteiger partial charge in [-0.3, -0.25) is 14.5 Å². The molecule has 24 heavy (non-hydrogen) atoms. The second-order valence-electron chi connectivity index (χ2n) is 6.32. The Morgan fingerprint density at radius 3 is 2.38 bits per heavy atom. The number of carboxylic acid groups (broad SMARTS) is 1. The number of aromatic nitrogens is 1. The molecular weight excluding hydrogens is 310 g/mol. The van der Waals surface area contributed by atoms with Gasteiger partial charge < -0.3 is 5.11 Å². The van der Waals surface area contributed by atoms with Gasteiger partial charge in [-0.25, -0.2) is 14.8 Å². The van der Waals surface area contributed by atoms with Crippen molar-refractivity contribution in [3.8, 4) is 0 Å². The van der Waals surface area contributed by atoms with Crippen LogP contribution in [0.15, 0.2) is 30.3 Å². The normalized spacial score (nSPS) is 11.4. The van der Waals surface area contributed by atoms with Gasteiger partial charge in [0, 0.05) is 18.0 Å². The third kappa shape index (κ3) is 3.30. The van der Waals surface area contributed by atoms with Crippen molar-refractivity contribution >= 4 is 28.7 Å². The number of hydrogen-bond donors (Lipinski definition) is 1. The Labute approximate surface area is 140 Å². The molecule has 1 aromatic heterocycles. The summed E-state index contributed by atoms with van der Waals surface area (Å²) in [5.74, 6) is -0.182. The highest BCUT2D eigenvalue weighted by molar-refractivity contribution is 6.07. The molecule has 0 atom stereocenters. The van der Waals surface area contributed by atoms with E-state index in [-0.39, 0.29) is 11.7 Å². The molecule has 1 N–H and O–H groups in total. The predicted molar refractivity (Wildman–Crippen MR) is 91.1 cm³/mol. The van der Waals surface area contributed by atoms with Crippen LogP contribution >= 0.6 is 0 Å². The number of hydroxylamine groups is 2. The fraction of sp³-hybridized carbons (Fsp3) is 0.353. The van der Waals surface area contributed by atoms with Crippen LogP contribution in [0.4, 0.5) is 10.6 Å². The largest absolute Gasteiger partial charge is 0.465 e. The van der Waals surface area contributed by atoms with E-state index in [4.69, 9.17) is 4.84 Å². The smallest absolute Gasteiger partial charge is 0.413 e.